The molecule has 1 aromatic heterocycles. The number of rotatable bonds is 8. The van der Waals surface area contributed by atoms with Crippen molar-refractivity contribution in [2.45, 2.75) is 51.3 Å². The molecule has 2 aromatic rings. The molecule has 1 unspecified atom stereocenters. The van der Waals surface area contributed by atoms with Crippen LogP contribution in [0.5, 0.6) is 0 Å². The maximum atomic E-state index is 11.3. The molecule has 0 spiro atoms. The number of hydrogen-bond acceptors (Lipinski definition) is 5. The fraction of sp³-hybridized carbons (Fsp3) is 0.474. The number of aliphatic hydroxyl groups is 1. The molecule has 0 radical (unpaired) electrons. The summed E-state index contributed by atoms with van der Waals surface area (Å²) in [6.45, 7) is 3.00. The summed E-state index contributed by atoms with van der Waals surface area (Å²) >= 11 is 0. The summed E-state index contributed by atoms with van der Waals surface area (Å²) in [5.74, 6) is -0.578. The molecule has 2 heterocycles. The van der Waals surface area contributed by atoms with Crippen molar-refractivity contribution < 1.29 is 5.11 Å². The number of nitrogens with one attached hydrogen (secondary N) is 1. The van der Waals surface area contributed by atoms with Crippen molar-refractivity contribution in [2.75, 3.05) is 16.8 Å². The molecular formula is C19H26N4O. The van der Waals surface area contributed by atoms with Gasteiger partial charge in [0, 0.05) is 12.1 Å². The van der Waals surface area contributed by atoms with E-state index < -0.39 is 5.85 Å². The summed E-state index contributed by atoms with van der Waals surface area (Å²) in [4.78, 5) is 10.4. The highest BCUT2D eigenvalue weighted by molar-refractivity contribution is 5.73. The molecule has 1 aliphatic rings. The van der Waals surface area contributed by atoms with Crippen LogP contribution in [0.2, 0.25) is 0 Å². The normalized spacial score (nSPS) is 19.2. The topological polar surface area (TPSA) is 61.3 Å². The van der Waals surface area contributed by atoms with Crippen LogP contribution in [0.4, 0.5) is 11.5 Å². The third kappa shape index (κ3) is 3.36. The second kappa shape index (κ2) is 7.62. The Balaban J connectivity index is 1.74. The van der Waals surface area contributed by atoms with Gasteiger partial charge in [0.15, 0.2) is 5.82 Å². The fourth-order valence-electron chi connectivity index (χ4n) is 3.25. The number of unbranched alkanes of at least 4 members (excludes halogenated alkanes) is 5. The zero-order chi connectivity index (χ0) is 16.8. The number of anilines is 2. The first-order chi connectivity index (χ1) is 11.8. The standard InChI is InChI=1S/C19H26N4O/c1-2-3-4-5-6-10-13-23-17-14-20-15-21-18(17)22-19(23,24)16-11-8-7-9-12-16/h7-9,11-12,14-15,24H,2-6,10,13H2,1H3,(H,20,21,22). The Bertz CT molecular complexity index is 649. The molecule has 0 saturated carbocycles. The average Bonchev–Trinajstić information content (AvgIpc) is 2.92. The van der Waals surface area contributed by atoms with Crippen molar-refractivity contribution in [3.8, 4) is 0 Å². The lowest BCUT2D eigenvalue weighted by molar-refractivity contribution is 0.0688. The van der Waals surface area contributed by atoms with Gasteiger partial charge in [-0.25, -0.2) is 9.97 Å². The van der Waals surface area contributed by atoms with E-state index in [-0.39, 0.29) is 0 Å². The molecule has 128 valence electrons. The molecule has 1 atom stereocenters. The van der Waals surface area contributed by atoms with Crippen LogP contribution in [-0.4, -0.2) is 21.6 Å². The minimum absolute atomic E-state index is 0.683. The van der Waals surface area contributed by atoms with Gasteiger partial charge < -0.3 is 15.3 Å². The first-order valence-electron chi connectivity index (χ1n) is 8.89. The van der Waals surface area contributed by atoms with Gasteiger partial charge in [0.05, 0.1) is 6.20 Å². The lowest BCUT2D eigenvalue weighted by Gasteiger charge is -2.35. The molecule has 2 N–H and O–H groups in total. The Morgan fingerprint density at radius 1 is 1.08 bits per heavy atom. The molecule has 1 aromatic carbocycles. The van der Waals surface area contributed by atoms with Crippen molar-refractivity contribution in [1.29, 1.82) is 0 Å². The summed E-state index contributed by atoms with van der Waals surface area (Å²) in [6.07, 6.45) is 10.6. The van der Waals surface area contributed by atoms with Crippen LogP contribution in [0.1, 0.15) is 51.0 Å². The van der Waals surface area contributed by atoms with Crippen LogP contribution in [-0.2, 0) is 5.85 Å². The van der Waals surface area contributed by atoms with Gasteiger partial charge in [-0.2, -0.15) is 0 Å². The number of nitrogens with zero attached hydrogens (tertiary/aromatic N) is 3. The molecule has 5 heteroatoms. The number of aromatic nitrogens is 2. The van der Waals surface area contributed by atoms with Crippen molar-refractivity contribution in [2.24, 2.45) is 0 Å². The lowest BCUT2D eigenvalue weighted by atomic mass is 10.1. The van der Waals surface area contributed by atoms with Crippen LogP contribution >= 0.6 is 0 Å². The van der Waals surface area contributed by atoms with E-state index in [1.165, 1.54) is 38.4 Å². The zero-order valence-electron chi connectivity index (χ0n) is 14.3. The van der Waals surface area contributed by atoms with Gasteiger partial charge in [-0.05, 0) is 6.42 Å². The second-order valence-electron chi connectivity index (χ2n) is 6.34. The summed E-state index contributed by atoms with van der Waals surface area (Å²) in [5.41, 5.74) is 1.67. The van der Waals surface area contributed by atoms with Crippen molar-refractivity contribution in [3.63, 3.8) is 0 Å². The summed E-state index contributed by atoms with van der Waals surface area (Å²) in [5, 5.41) is 14.5. The maximum absolute atomic E-state index is 11.3. The molecule has 0 aliphatic carbocycles. The van der Waals surface area contributed by atoms with Gasteiger partial charge >= 0.3 is 0 Å². The molecule has 0 saturated heterocycles. The van der Waals surface area contributed by atoms with E-state index >= 15 is 0 Å². The highest BCUT2D eigenvalue weighted by atomic mass is 16.3. The maximum Gasteiger partial charge on any atom is 0.246 e. The van der Waals surface area contributed by atoms with Crippen LogP contribution in [0.25, 0.3) is 0 Å². The molecule has 5 nitrogen and oxygen atoms in total. The predicted molar refractivity (Wildman–Crippen MR) is 96.7 cm³/mol. The zero-order valence-corrected chi connectivity index (χ0v) is 14.3. The summed E-state index contributed by atoms with van der Waals surface area (Å²) in [6, 6.07) is 9.69. The predicted octanol–water partition coefficient (Wildman–Crippen LogP) is 3.87. The Labute approximate surface area is 143 Å². The van der Waals surface area contributed by atoms with Crippen LogP contribution < -0.4 is 10.2 Å². The van der Waals surface area contributed by atoms with Gasteiger partial charge in [0.2, 0.25) is 5.85 Å². The number of benzene rings is 1. The summed E-state index contributed by atoms with van der Waals surface area (Å²) < 4.78 is 0. The number of hydrogen-bond donors (Lipinski definition) is 2. The van der Waals surface area contributed by atoms with Gasteiger partial charge in [0.25, 0.3) is 0 Å². The average molecular weight is 326 g/mol. The van der Waals surface area contributed by atoms with E-state index in [2.05, 4.69) is 22.2 Å². The SMILES string of the molecule is CCCCCCCCN1c2cncnc2NC1(O)c1ccccc1. The second-order valence-corrected chi connectivity index (χ2v) is 6.34. The Hall–Kier alpha value is -2.14. The van der Waals surface area contributed by atoms with E-state index in [1.807, 2.05) is 35.2 Å². The third-order valence-corrected chi connectivity index (χ3v) is 4.58. The van der Waals surface area contributed by atoms with Gasteiger partial charge in [0.1, 0.15) is 12.0 Å². The highest BCUT2D eigenvalue weighted by Gasteiger charge is 2.44. The van der Waals surface area contributed by atoms with Crippen LogP contribution in [0.3, 0.4) is 0 Å². The Kier molecular flexibility index (Phi) is 5.30. The largest absolute Gasteiger partial charge is 0.350 e. The monoisotopic (exact) mass is 326 g/mol. The Morgan fingerprint density at radius 3 is 2.62 bits per heavy atom. The van der Waals surface area contributed by atoms with E-state index in [9.17, 15) is 5.11 Å². The van der Waals surface area contributed by atoms with E-state index in [0.717, 1.165) is 24.2 Å². The fourth-order valence-corrected chi connectivity index (χ4v) is 3.25. The molecule has 0 fully saturated rings. The van der Waals surface area contributed by atoms with Crippen molar-refractivity contribution >= 4 is 11.5 Å². The number of fused-ring (bicyclic) bond motifs is 1. The molecule has 0 bridgehead atoms. The minimum atomic E-state index is -1.26. The quantitative estimate of drug-likeness (QED) is 0.721. The van der Waals surface area contributed by atoms with Crippen molar-refractivity contribution in [1.82, 2.24) is 9.97 Å². The molecule has 24 heavy (non-hydrogen) atoms. The van der Waals surface area contributed by atoms with Gasteiger partial charge in [-0.3, -0.25) is 0 Å². The molecule has 1 aliphatic heterocycles. The molecular weight excluding hydrogens is 300 g/mol. The van der Waals surface area contributed by atoms with E-state index in [0.29, 0.717) is 5.82 Å². The lowest BCUT2D eigenvalue weighted by Crippen LogP contribution is -2.48. The van der Waals surface area contributed by atoms with Gasteiger partial charge in [-0.15, -0.1) is 0 Å². The molecule has 3 rings (SSSR count). The first kappa shape index (κ1) is 16.7. The van der Waals surface area contributed by atoms with E-state index in [4.69, 9.17) is 0 Å². The smallest absolute Gasteiger partial charge is 0.246 e. The third-order valence-electron chi connectivity index (χ3n) is 4.58. The summed E-state index contributed by atoms with van der Waals surface area (Å²) in [7, 11) is 0. The van der Waals surface area contributed by atoms with Crippen molar-refractivity contribution in [3.05, 3.63) is 48.4 Å². The molecule has 0 amide bonds. The first-order valence-corrected chi connectivity index (χ1v) is 8.89. The minimum Gasteiger partial charge on any atom is -0.350 e. The van der Waals surface area contributed by atoms with Crippen LogP contribution in [0.15, 0.2) is 42.9 Å². The van der Waals surface area contributed by atoms with Gasteiger partial charge in [-0.1, -0.05) is 69.4 Å². The Morgan fingerprint density at radius 2 is 1.83 bits per heavy atom. The van der Waals surface area contributed by atoms with Crippen LogP contribution in [0, 0.1) is 0 Å². The van der Waals surface area contributed by atoms with E-state index in [1.54, 1.807) is 6.20 Å². The highest BCUT2D eigenvalue weighted by Crippen LogP contribution is 2.41.